The Hall–Kier alpha value is -0.810. The molecule has 0 aromatic carbocycles. The first-order valence-corrected chi connectivity index (χ1v) is 5.26. The molecule has 94 valence electrons. The summed E-state index contributed by atoms with van der Waals surface area (Å²) < 4.78 is 49.3. The second kappa shape index (κ2) is 4.59. The summed E-state index contributed by atoms with van der Waals surface area (Å²) in [6.07, 6.45) is -0.236. The van der Waals surface area contributed by atoms with Gasteiger partial charge in [0.05, 0.1) is 0 Å². The predicted molar refractivity (Wildman–Crippen MR) is 50.6 cm³/mol. The predicted octanol–water partition coefficient (Wildman–Crippen LogP) is 2.73. The Kier molecular flexibility index (Phi) is 3.80. The number of alkyl halides is 4. The van der Waals surface area contributed by atoms with Gasteiger partial charge in [-0.3, -0.25) is 4.79 Å². The van der Waals surface area contributed by atoms with Gasteiger partial charge >= 0.3 is 12.3 Å². The molecule has 1 aliphatic rings. The number of amides is 1. The zero-order chi connectivity index (χ0) is 12.4. The largest absolute Gasteiger partial charge is 0.383 e. The van der Waals surface area contributed by atoms with Crippen molar-refractivity contribution in [1.82, 2.24) is 5.32 Å². The summed E-state index contributed by atoms with van der Waals surface area (Å²) in [5.41, 5.74) is -0.770. The minimum atomic E-state index is -4.60. The van der Waals surface area contributed by atoms with Crippen molar-refractivity contribution in [2.24, 2.45) is 0 Å². The highest BCUT2D eigenvalue weighted by atomic mass is 19.3. The van der Waals surface area contributed by atoms with Crippen LogP contribution in [0.2, 0.25) is 0 Å². The van der Waals surface area contributed by atoms with Crippen molar-refractivity contribution in [2.75, 3.05) is 0 Å². The van der Waals surface area contributed by atoms with Crippen LogP contribution in [-0.4, -0.2) is 23.8 Å². The summed E-state index contributed by atoms with van der Waals surface area (Å²) in [6, 6.07) is 0. The molecule has 6 heteroatoms. The molecule has 0 aromatic heterocycles. The van der Waals surface area contributed by atoms with Crippen molar-refractivity contribution in [3.05, 3.63) is 0 Å². The Bertz CT molecular complexity index is 262. The van der Waals surface area contributed by atoms with Crippen molar-refractivity contribution < 1.29 is 22.4 Å². The number of halogens is 4. The van der Waals surface area contributed by atoms with Crippen molar-refractivity contribution in [3.8, 4) is 0 Å². The first kappa shape index (κ1) is 13.3. The van der Waals surface area contributed by atoms with E-state index in [2.05, 4.69) is 0 Å². The van der Waals surface area contributed by atoms with Crippen molar-refractivity contribution >= 4 is 5.91 Å². The van der Waals surface area contributed by atoms with Crippen LogP contribution in [0, 0.1) is 0 Å². The van der Waals surface area contributed by atoms with E-state index in [9.17, 15) is 22.4 Å². The minimum Gasteiger partial charge on any atom is -0.346 e. The average molecular weight is 241 g/mol. The summed E-state index contributed by atoms with van der Waals surface area (Å²) in [7, 11) is 0. The van der Waals surface area contributed by atoms with Crippen LogP contribution in [0.1, 0.15) is 39.0 Å². The lowest BCUT2D eigenvalue weighted by molar-refractivity contribution is -0.171. The summed E-state index contributed by atoms with van der Waals surface area (Å²) in [6.45, 7) is 1.62. The molecule has 0 unspecified atom stereocenters. The molecular weight excluding hydrogens is 226 g/mol. The van der Waals surface area contributed by atoms with Crippen LogP contribution >= 0.6 is 0 Å². The fraction of sp³-hybridized carbons (Fsp3) is 0.900. The standard InChI is InChI=1S/C10H15F4NO/c1-9(5-3-2-4-6-9)15-8(16)10(13,14)7(11)12/h7H,2-6H2,1H3,(H,15,16). The maximum absolute atomic E-state index is 12.7. The molecule has 16 heavy (non-hydrogen) atoms. The van der Waals surface area contributed by atoms with E-state index in [1.54, 1.807) is 6.92 Å². The Balaban J connectivity index is 2.62. The smallest absolute Gasteiger partial charge is 0.346 e. The van der Waals surface area contributed by atoms with E-state index >= 15 is 0 Å². The fourth-order valence-corrected chi connectivity index (χ4v) is 1.91. The Morgan fingerprint density at radius 2 is 1.75 bits per heavy atom. The second-order valence-corrected chi connectivity index (χ2v) is 4.50. The van der Waals surface area contributed by atoms with E-state index in [1.807, 2.05) is 5.32 Å². The number of rotatable bonds is 3. The van der Waals surface area contributed by atoms with Gasteiger partial charge in [-0.1, -0.05) is 19.3 Å². The van der Waals surface area contributed by atoms with Crippen molar-refractivity contribution in [1.29, 1.82) is 0 Å². The molecule has 1 saturated carbocycles. The van der Waals surface area contributed by atoms with E-state index in [0.717, 1.165) is 19.3 Å². The van der Waals surface area contributed by atoms with Gasteiger partial charge in [-0.25, -0.2) is 8.78 Å². The molecule has 1 rings (SSSR count). The topological polar surface area (TPSA) is 29.1 Å². The van der Waals surface area contributed by atoms with Gasteiger partial charge in [0.25, 0.3) is 5.91 Å². The van der Waals surface area contributed by atoms with Gasteiger partial charge in [0, 0.05) is 5.54 Å². The lowest BCUT2D eigenvalue weighted by Crippen LogP contribution is -2.55. The third-order valence-corrected chi connectivity index (χ3v) is 2.95. The van der Waals surface area contributed by atoms with Crippen LogP contribution in [0.25, 0.3) is 0 Å². The molecule has 1 fully saturated rings. The summed E-state index contributed by atoms with van der Waals surface area (Å²) >= 11 is 0. The van der Waals surface area contributed by atoms with Crippen LogP contribution in [0.5, 0.6) is 0 Å². The molecule has 1 amide bonds. The van der Waals surface area contributed by atoms with E-state index in [1.165, 1.54) is 0 Å². The number of carbonyl (C=O) groups excluding carboxylic acids is 1. The van der Waals surface area contributed by atoms with E-state index < -0.39 is 23.8 Å². The normalized spacial score (nSPS) is 20.9. The highest BCUT2D eigenvalue weighted by molar-refractivity contribution is 5.84. The SMILES string of the molecule is CC1(NC(=O)C(F)(F)C(F)F)CCCCC1. The van der Waals surface area contributed by atoms with Gasteiger partial charge in [-0.2, -0.15) is 8.78 Å². The monoisotopic (exact) mass is 241 g/mol. The fourth-order valence-electron chi connectivity index (χ4n) is 1.91. The molecule has 0 heterocycles. The van der Waals surface area contributed by atoms with Crippen LogP contribution in [0.3, 0.4) is 0 Å². The maximum atomic E-state index is 12.7. The van der Waals surface area contributed by atoms with Gasteiger partial charge in [0.15, 0.2) is 0 Å². The molecule has 0 saturated heterocycles. The van der Waals surface area contributed by atoms with Gasteiger partial charge in [0.1, 0.15) is 0 Å². The Labute approximate surface area is 91.4 Å². The van der Waals surface area contributed by atoms with Gasteiger partial charge in [-0.05, 0) is 19.8 Å². The highest BCUT2D eigenvalue weighted by Gasteiger charge is 2.50. The Morgan fingerprint density at radius 1 is 1.25 bits per heavy atom. The number of nitrogens with one attached hydrogen (secondary N) is 1. The molecule has 0 spiro atoms. The number of hydrogen-bond acceptors (Lipinski definition) is 1. The lowest BCUT2D eigenvalue weighted by Gasteiger charge is -2.35. The van der Waals surface area contributed by atoms with E-state index in [0.29, 0.717) is 12.8 Å². The molecular formula is C10H15F4NO. The zero-order valence-electron chi connectivity index (χ0n) is 9.03. The molecule has 0 aromatic rings. The van der Waals surface area contributed by atoms with Crippen molar-refractivity contribution in [2.45, 2.75) is 56.9 Å². The van der Waals surface area contributed by atoms with Gasteiger partial charge in [0.2, 0.25) is 0 Å². The van der Waals surface area contributed by atoms with Crippen LogP contribution < -0.4 is 5.32 Å². The summed E-state index contributed by atoms with van der Waals surface area (Å²) in [4.78, 5) is 11.0. The number of hydrogen-bond donors (Lipinski definition) is 1. The highest BCUT2D eigenvalue weighted by Crippen LogP contribution is 2.30. The van der Waals surface area contributed by atoms with Crippen molar-refractivity contribution in [3.63, 3.8) is 0 Å². The first-order valence-electron chi connectivity index (χ1n) is 5.26. The maximum Gasteiger partial charge on any atom is 0.383 e. The third kappa shape index (κ3) is 2.86. The minimum absolute atomic E-state index is 0.554. The Morgan fingerprint density at radius 3 is 2.19 bits per heavy atom. The molecule has 1 N–H and O–H groups in total. The molecule has 1 aliphatic carbocycles. The van der Waals surface area contributed by atoms with Crippen LogP contribution in [0.15, 0.2) is 0 Å². The molecule has 0 aliphatic heterocycles. The molecule has 0 radical (unpaired) electrons. The van der Waals surface area contributed by atoms with Gasteiger partial charge in [-0.15, -0.1) is 0 Å². The lowest BCUT2D eigenvalue weighted by atomic mass is 9.83. The second-order valence-electron chi connectivity index (χ2n) is 4.50. The van der Waals surface area contributed by atoms with Gasteiger partial charge < -0.3 is 5.32 Å². The summed E-state index contributed by atoms with van der Waals surface area (Å²) in [5.74, 6) is -6.47. The summed E-state index contributed by atoms with van der Waals surface area (Å²) in [5, 5.41) is 2.05. The molecule has 0 atom stereocenters. The van der Waals surface area contributed by atoms with Crippen LogP contribution in [-0.2, 0) is 4.79 Å². The quantitative estimate of drug-likeness (QED) is 0.756. The van der Waals surface area contributed by atoms with E-state index in [4.69, 9.17) is 0 Å². The third-order valence-electron chi connectivity index (χ3n) is 2.95. The molecule has 0 bridgehead atoms. The number of carbonyl (C=O) groups is 1. The average Bonchev–Trinajstić information content (AvgIpc) is 2.17. The first-order chi connectivity index (χ1) is 7.28. The molecule has 2 nitrogen and oxygen atoms in total. The van der Waals surface area contributed by atoms with Crippen LogP contribution in [0.4, 0.5) is 17.6 Å². The van der Waals surface area contributed by atoms with E-state index in [-0.39, 0.29) is 0 Å². The zero-order valence-corrected chi connectivity index (χ0v) is 9.03.